The lowest BCUT2D eigenvalue weighted by atomic mass is 9.96. The van der Waals surface area contributed by atoms with E-state index in [1.54, 1.807) is 4.90 Å². The van der Waals surface area contributed by atoms with E-state index in [0.29, 0.717) is 26.1 Å². The van der Waals surface area contributed by atoms with Gasteiger partial charge in [0.15, 0.2) is 0 Å². The molecule has 0 atom stereocenters. The van der Waals surface area contributed by atoms with Gasteiger partial charge in [-0.25, -0.2) is 0 Å². The molecule has 0 aromatic heterocycles. The van der Waals surface area contributed by atoms with E-state index in [4.69, 9.17) is 4.74 Å². The maximum atomic E-state index is 11.9. The van der Waals surface area contributed by atoms with Crippen LogP contribution >= 0.6 is 0 Å². The summed E-state index contributed by atoms with van der Waals surface area (Å²) in [5.41, 5.74) is 1.03. The summed E-state index contributed by atoms with van der Waals surface area (Å²) < 4.78 is 5.58. The molecule has 0 saturated carbocycles. The summed E-state index contributed by atoms with van der Waals surface area (Å²) in [4.78, 5) is 24.9. The van der Waals surface area contributed by atoms with Gasteiger partial charge in [-0.3, -0.25) is 9.59 Å². The zero-order valence-corrected chi connectivity index (χ0v) is 13.7. The molecule has 2 amide bonds. The Morgan fingerprint density at radius 3 is 2.57 bits per heavy atom. The van der Waals surface area contributed by atoms with Crippen LogP contribution in [0.15, 0.2) is 36.9 Å². The molecule has 5 nitrogen and oxygen atoms in total. The minimum Gasteiger partial charge on any atom is -0.491 e. The van der Waals surface area contributed by atoms with Crippen molar-refractivity contribution in [3.05, 3.63) is 42.5 Å². The van der Waals surface area contributed by atoms with Gasteiger partial charge in [-0.05, 0) is 37.6 Å². The fraction of sp³-hybridized carbons (Fsp3) is 0.444. The lowest BCUT2D eigenvalue weighted by Crippen LogP contribution is -2.50. The van der Waals surface area contributed by atoms with Gasteiger partial charge in [0.05, 0.1) is 6.10 Å². The van der Waals surface area contributed by atoms with Gasteiger partial charge in [0, 0.05) is 32.0 Å². The highest BCUT2D eigenvalue weighted by atomic mass is 16.5. The number of nitrogens with one attached hydrogen (secondary N) is 1. The molecule has 5 heteroatoms. The smallest absolute Gasteiger partial charge is 0.245 e. The number of likely N-dealkylation sites (tertiary alicyclic amines) is 1. The summed E-state index contributed by atoms with van der Waals surface area (Å²) in [7, 11) is 0. The van der Waals surface area contributed by atoms with Crippen molar-refractivity contribution in [1.29, 1.82) is 0 Å². The van der Waals surface area contributed by atoms with Gasteiger partial charge in [-0.15, -0.1) is 0 Å². The Balaban J connectivity index is 1.69. The predicted molar refractivity (Wildman–Crippen MR) is 88.9 cm³/mol. The van der Waals surface area contributed by atoms with Crippen LogP contribution in [0.5, 0.6) is 5.75 Å². The number of amides is 2. The summed E-state index contributed by atoms with van der Waals surface area (Å²) in [6.07, 6.45) is 1.91. The van der Waals surface area contributed by atoms with Gasteiger partial charge in [-0.2, -0.15) is 0 Å². The van der Waals surface area contributed by atoms with Crippen LogP contribution in [0.3, 0.4) is 0 Å². The normalized spacial score (nSPS) is 14.3. The molecular weight excluding hydrogens is 292 g/mol. The van der Waals surface area contributed by atoms with Crippen molar-refractivity contribution in [1.82, 2.24) is 10.2 Å². The van der Waals surface area contributed by atoms with E-state index in [0.717, 1.165) is 11.3 Å². The molecule has 1 heterocycles. The van der Waals surface area contributed by atoms with Crippen LogP contribution in [0.2, 0.25) is 0 Å². The van der Waals surface area contributed by atoms with Crippen molar-refractivity contribution in [2.45, 2.75) is 32.9 Å². The maximum Gasteiger partial charge on any atom is 0.245 e. The van der Waals surface area contributed by atoms with Crippen molar-refractivity contribution < 1.29 is 14.3 Å². The molecule has 2 rings (SSSR count). The van der Waals surface area contributed by atoms with Gasteiger partial charge in [-0.1, -0.05) is 18.7 Å². The number of benzene rings is 1. The molecule has 0 radical (unpaired) electrons. The number of nitrogens with zero attached hydrogens (tertiary/aromatic N) is 1. The van der Waals surface area contributed by atoms with Crippen LogP contribution in [0.1, 0.15) is 25.8 Å². The Morgan fingerprint density at radius 2 is 2.00 bits per heavy atom. The zero-order valence-electron chi connectivity index (χ0n) is 13.7. The maximum absolute atomic E-state index is 11.9. The molecule has 1 N–H and O–H groups in total. The summed E-state index contributed by atoms with van der Waals surface area (Å²) in [5, 5.41) is 2.91. The largest absolute Gasteiger partial charge is 0.491 e. The lowest BCUT2D eigenvalue weighted by molar-refractivity contribution is -0.135. The van der Waals surface area contributed by atoms with Gasteiger partial charge < -0.3 is 15.0 Å². The van der Waals surface area contributed by atoms with Crippen LogP contribution < -0.4 is 10.1 Å². The Hall–Kier alpha value is -2.30. The Labute approximate surface area is 137 Å². The van der Waals surface area contributed by atoms with E-state index < -0.39 is 0 Å². The quantitative estimate of drug-likeness (QED) is 0.784. The number of hydrogen-bond acceptors (Lipinski definition) is 3. The Morgan fingerprint density at radius 1 is 1.35 bits per heavy atom. The number of hydrogen-bond donors (Lipinski definition) is 1. The molecule has 0 spiro atoms. The average molecular weight is 316 g/mol. The van der Waals surface area contributed by atoms with Crippen molar-refractivity contribution in [2.75, 3.05) is 13.1 Å². The summed E-state index contributed by atoms with van der Waals surface area (Å²) in [5.74, 6) is 1.03. The van der Waals surface area contributed by atoms with Gasteiger partial charge in [0.1, 0.15) is 5.75 Å². The minimum absolute atomic E-state index is 0.0169. The van der Waals surface area contributed by atoms with Crippen LogP contribution in [-0.2, 0) is 16.1 Å². The second-order valence-electron chi connectivity index (χ2n) is 6.10. The summed E-state index contributed by atoms with van der Waals surface area (Å²) in [6.45, 7) is 9.20. The summed E-state index contributed by atoms with van der Waals surface area (Å²) >= 11 is 0. The first-order valence-electron chi connectivity index (χ1n) is 7.91. The molecule has 1 saturated heterocycles. The Bertz CT molecular complexity index is 560. The third kappa shape index (κ3) is 5.13. The van der Waals surface area contributed by atoms with E-state index >= 15 is 0 Å². The van der Waals surface area contributed by atoms with E-state index in [9.17, 15) is 9.59 Å². The van der Waals surface area contributed by atoms with Crippen LogP contribution in [-0.4, -0.2) is 35.9 Å². The average Bonchev–Trinajstić information content (AvgIpc) is 2.48. The Kier molecular flexibility index (Phi) is 5.79. The van der Waals surface area contributed by atoms with Gasteiger partial charge >= 0.3 is 0 Å². The molecule has 124 valence electrons. The lowest BCUT2D eigenvalue weighted by Gasteiger charge is -2.38. The highest BCUT2D eigenvalue weighted by Crippen LogP contribution is 2.19. The second-order valence-corrected chi connectivity index (χ2v) is 6.10. The van der Waals surface area contributed by atoms with E-state index in [1.165, 1.54) is 6.08 Å². The van der Waals surface area contributed by atoms with Crippen molar-refractivity contribution in [3.8, 4) is 5.75 Å². The topological polar surface area (TPSA) is 58.6 Å². The number of carbonyl (C=O) groups excluding carboxylic acids is 2. The van der Waals surface area contributed by atoms with E-state index in [2.05, 4.69) is 11.9 Å². The molecular formula is C18H24N2O3. The molecule has 1 aromatic rings. The summed E-state index contributed by atoms with van der Waals surface area (Å²) in [6, 6.07) is 7.72. The molecule has 0 aliphatic carbocycles. The first kappa shape index (κ1) is 17.1. The fourth-order valence-corrected chi connectivity index (χ4v) is 2.50. The number of ether oxygens (including phenoxy) is 1. The van der Waals surface area contributed by atoms with Crippen LogP contribution in [0.4, 0.5) is 0 Å². The number of rotatable bonds is 7. The molecule has 1 aliphatic rings. The standard InChI is InChI=1S/C18H24N2O3/c1-4-18(22)20-11-15(12-20)9-17(21)19-10-14-5-7-16(8-6-14)23-13(2)3/h4-8,13,15H,1,9-12H2,2-3H3,(H,19,21). The van der Waals surface area contributed by atoms with Gasteiger partial charge in [0.2, 0.25) is 11.8 Å². The molecule has 1 aliphatic heterocycles. The van der Waals surface area contributed by atoms with Crippen molar-refractivity contribution in [3.63, 3.8) is 0 Å². The highest BCUT2D eigenvalue weighted by Gasteiger charge is 2.30. The molecule has 0 bridgehead atoms. The van der Waals surface area contributed by atoms with Crippen molar-refractivity contribution in [2.24, 2.45) is 5.92 Å². The second kappa shape index (κ2) is 7.81. The molecule has 0 unspecified atom stereocenters. The SMILES string of the molecule is C=CC(=O)N1CC(CC(=O)NCc2ccc(OC(C)C)cc2)C1. The first-order valence-corrected chi connectivity index (χ1v) is 7.91. The monoisotopic (exact) mass is 316 g/mol. The first-order chi connectivity index (χ1) is 11.0. The number of carbonyl (C=O) groups is 2. The van der Waals surface area contributed by atoms with Crippen LogP contribution in [0.25, 0.3) is 0 Å². The minimum atomic E-state index is -0.0645. The third-order valence-corrected chi connectivity index (χ3v) is 3.70. The molecule has 23 heavy (non-hydrogen) atoms. The van der Waals surface area contributed by atoms with Gasteiger partial charge in [0.25, 0.3) is 0 Å². The third-order valence-electron chi connectivity index (χ3n) is 3.70. The molecule has 1 aromatic carbocycles. The van der Waals surface area contributed by atoms with E-state index in [-0.39, 0.29) is 23.8 Å². The fourth-order valence-electron chi connectivity index (χ4n) is 2.50. The molecule has 1 fully saturated rings. The van der Waals surface area contributed by atoms with Crippen LogP contribution in [0, 0.1) is 5.92 Å². The van der Waals surface area contributed by atoms with E-state index in [1.807, 2.05) is 38.1 Å². The predicted octanol–water partition coefficient (Wildman–Crippen LogP) is 2.12. The van der Waals surface area contributed by atoms with Crippen molar-refractivity contribution >= 4 is 11.8 Å². The highest BCUT2D eigenvalue weighted by molar-refractivity contribution is 5.87. The zero-order chi connectivity index (χ0) is 16.8.